The Morgan fingerprint density at radius 1 is 1.29 bits per heavy atom. The van der Waals surface area contributed by atoms with Crippen LogP contribution in [0.2, 0.25) is 0 Å². The van der Waals surface area contributed by atoms with Crippen LogP contribution in [0, 0.1) is 5.41 Å². The number of amides is 2. The van der Waals surface area contributed by atoms with Gasteiger partial charge in [-0.15, -0.1) is 0 Å². The van der Waals surface area contributed by atoms with Gasteiger partial charge >= 0.3 is 6.09 Å². The van der Waals surface area contributed by atoms with E-state index in [9.17, 15) is 9.59 Å². The van der Waals surface area contributed by atoms with Gasteiger partial charge in [0.2, 0.25) is 5.96 Å². The molecule has 0 aromatic heterocycles. The highest BCUT2D eigenvalue weighted by Gasteiger charge is 2.67. The number of hydrogen-bond donors (Lipinski definition) is 1. The highest BCUT2D eigenvalue weighted by atomic mass is 79.9. The van der Waals surface area contributed by atoms with Crippen molar-refractivity contribution in [2.75, 3.05) is 14.2 Å². The van der Waals surface area contributed by atoms with Crippen LogP contribution in [0.5, 0.6) is 0 Å². The van der Waals surface area contributed by atoms with E-state index in [0.717, 1.165) is 55.0 Å². The van der Waals surface area contributed by atoms with Gasteiger partial charge in [0.15, 0.2) is 5.54 Å². The second-order valence-corrected chi connectivity index (χ2v) is 11.2. The van der Waals surface area contributed by atoms with Crippen molar-refractivity contribution in [3.05, 3.63) is 21.7 Å². The van der Waals surface area contributed by atoms with E-state index in [2.05, 4.69) is 27.3 Å². The molecule has 0 saturated heterocycles. The number of carbonyl (C=O) groups excluding carboxylic acids is 2. The Morgan fingerprint density at radius 2 is 1.97 bits per heavy atom. The first-order valence-corrected chi connectivity index (χ1v) is 11.8. The van der Waals surface area contributed by atoms with E-state index in [-0.39, 0.29) is 23.4 Å². The molecule has 170 valence electrons. The topological polar surface area (TPSA) is 80.2 Å². The van der Waals surface area contributed by atoms with Gasteiger partial charge in [0.1, 0.15) is 5.60 Å². The van der Waals surface area contributed by atoms with E-state index in [1.807, 2.05) is 0 Å². The average molecular weight is 494 g/mol. The van der Waals surface area contributed by atoms with Crippen LogP contribution in [-0.2, 0) is 14.3 Å². The molecule has 1 atom stereocenters. The third kappa shape index (κ3) is 3.65. The van der Waals surface area contributed by atoms with Gasteiger partial charge in [0.25, 0.3) is 5.91 Å². The van der Waals surface area contributed by atoms with Crippen LogP contribution < -0.4 is 5.32 Å². The smallest absolute Gasteiger partial charge is 0.414 e. The molecule has 1 N–H and O–H groups in total. The molecule has 8 heteroatoms. The van der Waals surface area contributed by atoms with E-state index in [1.54, 1.807) is 34.9 Å². The first-order valence-electron chi connectivity index (χ1n) is 11.0. The van der Waals surface area contributed by atoms with Crippen LogP contribution in [0.15, 0.2) is 26.7 Å². The lowest BCUT2D eigenvalue weighted by atomic mass is 9.60. The Morgan fingerprint density at radius 3 is 2.58 bits per heavy atom. The second kappa shape index (κ2) is 7.73. The molecule has 4 rings (SSSR count). The number of hydrogen-bond acceptors (Lipinski definition) is 5. The molecule has 1 fully saturated rings. The van der Waals surface area contributed by atoms with Crippen molar-refractivity contribution >= 4 is 33.9 Å². The molecule has 31 heavy (non-hydrogen) atoms. The molecule has 1 unspecified atom stereocenters. The zero-order valence-electron chi connectivity index (χ0n) is 19.0. The first kappa shape index (κ1) is 22.5. The van der Waals surface area contributed by atoms with Gasteiger partial charge in [-0.25, -0.2) is 9.79 Å². The number of ether oxygens (including phenoxy) is 2. The minimum atomic E-state index is -1.00. The summed E-state index contributed by atoms with van der Waals surface area (Å²) in [5.74, 6) is 0.189. The largest absolute Gasteiger partial charge is 0.444 e. The van der Waals surface area contributed by atoms with Crippen LogP contribution in [0.3, 0.4) is 0 Å². The van der Waals surface area contributed by atoms with Crippen molar-refractivity contribution in [2.45, 2.75) is 83.0 Å². The van der Waals surface area contributed by atoms with Crippen LogP contribution >= 0.6 is 15.9 Å². The van der Waals surface area contributed by atoms with Gasteiger partial charge in [0, 0.05) is 19.6 Å². The van der Waals surface area contributed by atoms with Gasteiger partial charge < -0.3 is 9.47 Å². The number of fused-ring (bicyclic) bond motifs is 2. The molecule has 0 bridgehead atoms. The lowest BCUT2D eigenvalue weighted by molar-refractivity contribution is -0.134. The minimum absolute atomic E-state index is 0.0714. The van der Waals surface area contributed by atoms with Gasteiger partial charge in [-0.1, -0.05) is 21.5 Å². The lowest BCUT2D eigenvalue weighted by Crippen LogP contribution is -2.54. The summed E-state index contributed by atoms with van der Waals surface area (Å²) in [5, 5.41) is 2.73. The van der Waals surface area contributed by atoms with Crippen LogP contribution in [0.25, 0.3) is 0 Å². The maximum atomic E-state index is 13.9. The Kier molecular flexibility index (Phi) is 5.61. The van der Waals surface area contributed by atoms with E-state index >= 15 is 0 Å². The van der Waals surface area contributed by atoms with Crippen LogP contribution in [-0.4, -0.2) is 54.3 Å². The molecule has 4 aliphatic rings. The number of likely N-dealkylation sites (N-methyl/N-ethyl adjacent to an activating group) is 1. The predicted molar refractivity (Wildman–Crippen MR) is 122 cm³/mol. The normalized spacial score (nSPS) is 33.0. The number of nitrogens with zero attached hydrogens (tertiary/aromatic N) is 2. The maximum Gasteiger partial charge on any atom is 0.414 e. The standard InChI is InChI=1S/C23H32BrN3O4/c1-21(2,3)31-20(29)25-19-26-23(18(28)27(19)4)17-12-15(24)7-6-14(17)13-22(23)10-8-16(30-5)9-11-22/h12,16H,6-11,13H2,1-5H3,(H,25,26,29). The number of allylic oxidation sites excluding steroid dienone is 2. The highest BCUT2D eigenvalue weighted by molar-refractivity contribution is 9.11. The van der Waals surface area contributed by atoms with Crippen molar-refractivity contribution in [3.8, 4) is 0 Å². The van der Waals surface area contributed by atoms with Crippen molar-refractivity contribution in [1.82, 2.24) is 10.2 Å². The first-order chi connectivity index (χ1) is 14.5. The van der Waals surface area contributed by atoms with Crippen LogP contribution in [0.4, 0.5) is 4.79 Å². The molecule has 2 spiro atoms. The molecular formula is C23H32BrN3O4. The summed E-state index contributed by atoms with van der Waals surface area (Å²) in [7, 11) is 3.44. The summed E-state index contributed by atoms with van der Waals surface area (Å²) >= 11 is 3.66. The van der Waals surface area contributed by atoms with Crippen molar-refractivity contribution < 1.29 is 19.1 Å². The van der Waals surface area contributed by atoms with Crippen molar-refractivity contribution in [2.24, 2.45) is 10.4 Å². The zero-order valence-corrected chi connectivity index (χ0v) is 20.6. The Bertz CT molecular complexity index is 893. The van der Waals surface area contributed by atoms with Crippen molar-refractivity contribution in [3.63, 3.8) is 0 Å². The van der Waals surface area contributed by atoms with E-state index in [0.29, 0.717) is 0 Å². The number of carbonyl (C=O) groups is 2. The van der Waals surface area contributed by atoms with Gasteiger partial charge in [-0.05, 0) is 81.8 Å². The van der Waals surface area contributed by atoms with Gasteiger partial charge in [-0.2, -0.15) is 0 Å². The zero-order chi connectivity index (χ0) is 22.6. The number of guanidine groups is 1. The monoisotopic (exact) mass is 493 g/mol. The maximum absolute atomic E-state index is 13.9. The summed E-state index contributed by atoms with van der Waals surface area (Å²) in [5.41, 5.74) is 0.411. The Labute approximate surface area is 192 Å². The molecular weight excluding hydrogens is 462 g/mol. The molecule has 1 heterocycles. The number of nitrogens with one attached hydrogen (secondary N) is 1. The average Bonchev–Trinajstić information content (AvgIpc) is 3.09. The van der Waals surface area contributed by atoms with Gasteiger partial charge in [-0.3, -0.25) is 15.0 Å². The van der Waals surface area contributed by atoms with Crippen LogP contribution in [0.1, 0.15) is 65.7 Å². The third-order valence-corrected chi connectivity index (χ3v) is 7.72. The molecule has 1 saturated carbocycles. The molecule has 1 aliphatic heterocycles. The summed E-state index contributed by atoms with van der Waals surface area (Å²) in [6.07, 6.45) is 8.02. The summed E-state index contributed by atoms with van der Waals surface area (Å²) < 4.78 is 12.1. The molecule has 0 radical (unpaired) electrons. The fourth-order valence-corrected chi connectivity index (χ4v) is 6.10. The van der Waals surface area contributed by atoms with Crippen molar-refractivity contribution in [1.29, 1.82) is 0 Å². The van der Waals surface area contributed by atoms with E-state index in [4.69, 9.17) is 14.5 Å². The highest BCUT2D eigenvalue weighted by Crippen LogP contribution is 2.63. The number of aliphatic imine (C=N–C) groups is 1. The number of rotatable bonds is 1. The third-order valence-electron chi connectivity index (χ3n) is 7.10. The van der Waals surface area contributed by atoms with Gasteiger partial charge in [0.05, 0.1) is 6.10 Å². The summed E-state index contributed by atoms with van der Waals surface area (Å²) in [4.78, 5) is 32.9. The van der Waals surface area contributed by atoms with E-state index in [1.165, 1.54) is 10.5 Å². The molecule has 0 aromatic carbocycles. The summed E-state index contributed by atoms with van der Waals surface area (Å²) in [6, 6.07) is 0. The number of halogens is 1. The Hall–Kier alpha value is -1.67. The molecule has 7 nitrogen and oxygen atoms in total. The SMILES string of the molecule is COC1CCC2(CC1)CC1=C(C=C(Br)CC1)C21N=C(NC(=O)OC(C)(C)C)N(C)C1=O. The van der Waals surface area contributed by atoms with E-state index < -0.39 is 17.2 Å². The number of methoxy groups -OCH3 is 1. The summed E-state index contributed by atoms with van der Waals surface area (Å²) in [6.45, 7) is 5.42. The lowest BCUT2D eigenvalue weighted by Gasteiger charge is -2.45. The minimum Gasteiger partial charge on any atom is -0.444 e. The second-order valence-electron chi connectivity index (χ2n) is 10.1. The fraction of sp³-hybridized carbons (Fsp3) is 0.696. The fourth-order valence-electron chi connectivity index (χ4n) is 5.67. The quantitative estimate of drug-likeness (QED) is 0.585. The Balaban J connectivity index is 1.75. The molecule has 0 aromatic rings. The predicted octanol–water partition coefficient (Wildman–Crippen LogP) is 4.43. The molecule has 2 amide bonds. The molecule has 3 aliphatic carbocycles. The number of alkyl carbamates (subject to hydrolysis) is 1.